The molecule has 1 aromatic heterocycles. The first-order valence-electron chi connectivity index (χ1n) is 10.6. The molecule has 0 N–H and O–H groups in total. The third kappa shape index (κ3) is 3.28. The van der Waals surface area contributed by atoms with Gasteiger partial charge in [-0.25, -0.2) is 0 Å². The first-order valence-corrected chi connectivity index (χ1v) is 10.6. The van der Waals surface area contributed by atoms with Crippen LogP contribution in [0, 0.1) is 29.1 Å². The molecule has 7 atom stereocenters. The van der Waals surface area contributed by atoms with Gasteiger partial charge >= 0.3 is 11.9 Å². The van der Waals surface area contributed by atoms with Crippen LogP contribution in [0.2, 0.25) is 0 Å². The highest BCUT2D eigenvalue weighted by atomic mass is 16.5. The third-order valence-electron chi connectivity index (χ3n) is 7.75. The summed E-state index contributed by atoms with van der Waals surface area (Å²) in [6.45, 7) is 3.22. The van der Waals surface area contributed by atoms with Gasteiger partial charge in [0.25, 0.3) is 0 Å². The molecule has 0 saturated heterocycles. The molecule has 1 heterocycles. The molecule has 3 fully saturated rings. The summed E-state index contributed by atoms with van der Waals surface area (Å²) in [5.41, 5.74) is 0.332. The van der Waals surface area contributed by atoms with Gasteiger partial charge in [0.2, 0.25) is 0 Å². The summed E-state index contributed by atoms with van der Waals surface area (Å²) in [5.74, 6) is -2.44. The van der Waals surface area contributed by atoms with Crippen LogP contribution in [0.15, 0.2) is 23.0 Å². The highest BCUT2D eigenvalue weighted by molar-refractivity contribution is 5.93. The average molecular weight is 416 g/mol. The van der Waals surface area contributed by atoms with Crippen LogP contribution in [-0.2, 0) is 28.7 Å². The summed E-state index contributed by atoms with van der Waals surface area (Å²) in [6, 6.07) is 1.86. The number of carbonyl (C=O) groups excluding carboxylic acids is 4. The van der Waals surface area contributed by atoms with E-state index in [1.165, 1.54) is 14.0 Å². The van der Waals surface area contributed by atoms with Crippen LogP contribution >= 0.6 is 0 Å². The average Bonchev–Trinajstić information content (AvgIpc) is 3.23. The number of methoxy groups -OCH3 is 1. The molecule has 0 spiro atoms. The van der Waals surface area contributed by atoms with Crippen molar-refractivity contribution in [3.8, 4) is 0 Å². The lowest BCUT2D eigenvalue weighted by Gasteiger charge is -2.56. The number of ketones is 2. The van der Waals surface area contributed by atoms with Crippen LogP contribution in [0.1, 0.15) is 57.4 Å². The van der Waals surface area contributed by atoms with E-state index in [1.54, 1.807) is 12.5 Å². The number of carbonyl (C=O) groups is 4. The van der Waals surface area contributed by atoms with Crippen molar-refractivity contribution in [3.63, 3.8) is 0 Å². The summed E-state index contributed by atoms with van der Waals surface area (Å²) in [7, 11) is 1.34. The monoisotopic (exact) mass is 416 g/mol. The minimum atomic E-state index is -0.979. The molecule has 3 saturated carbocycles. The van der Waals surface area contributed by atoms with Gasteiger partial charge in [0, 0.05) is 31.6 Å². The summed E-state index contributed by atoms with van der Waals surface area (Å²) in [4.78, 5) is 50.9. The van der Waals surface area contributed by atoms with Gasteiger partial charge < -0.3 is 13.9 Å². The topological polar surface area (TPSA) is 99.9 Å². The van der Waals surface area contributed by atoms with Crippen molar-refractivity contribution in [1.82, 2.24) is 0 Å². The molecule has 0 radical (unpaired) electrons. The lowest BCUT2D eigenvalue weighted by atomic mass is 9.46. The number of furan rings is 1. The zero-order valence-corrected chi connectivity index (χ0v) is 17.6. The normalized spacial score (nSPS) is 38.4. The second-order valence-corrected chi connectivity index (χ2v) is 9.26. The van der Waals surface area contributed by atoms with Gasteiger partial charge in [0.1, 0.15) is 5.78 Å². The lowest BCUT2D eigenvalue weighted by molar-refractivity contribution is -0.183. The summed E-state index contributed by atoms with van der Waals surface area (Å²) >= 11 is 0. The molecule has 3 aliphatic rings. The first kappa shape index (κ1) is 20.8. The summed E-state index contributed by atoms with van der Waals surface area (Å²) in [5, 5.41) is 0. The van der Waals surface area contributed by atoms with E-state index in [9.17, 15) is 19.2 Å². The van der Waals surface area contributed by atoms with Crippen molar-refractivity contribution in [2.75, 3.05) is 7.11 Å². The molecule has 7 heteroatoms. The maximum absolute atomic E-state index is 13.6. The van der Waals surface area contributed by atoms with E-state index in [4.69, 9.17) is 13.9 Å². The number of hydrogen-bond acceptors (Lipinski definition) is 7. The smallest absolute Gasteiger partial charge is 0.309 e. The van der Waals surface area contributed by atoms with Gasteiger partial charge in [-0.15, -0.1) is 0 Å². The maximum atomic E-state index is 13.6. The van der Waals surface area contributed by atoms with Crippen molar-refractivity contribution < 1.29 is 33.1 Å². The van der Waals surface area contributed by atoms with Crippen LogP contribution in [0.4, 0.5) is 0 Å². The standard InChI is InChI=1S/C23H28O7/c1-12(24)30-19-10-17(22(27)28-3)23(2)6-4-15-16(20(23)21(19)26)8-14(9-18(15)25)13-5-7-29-11-13/h5,7,11,14-17,19-20H,4,6,8-10H2,1-3H3/t14-,15+,16-,17-,19-,20-,23-/m0/s1. The Morgan fingerprint density at radius 3 is 2.63 bits per heavy atom. The number of hydrogen-bond donors (Lipinski definition) is 0. The van der Waals surface area contributed by atoms with E-state index in [-0.39, 0.29) is 41.7 Å². The molecule has 0 bridgehead atoms. The third-order valence-corrected chi connectivity index (χ3v) is 7.75. The van der Waals surface area contributed by atoms with Crippen LogP contribution < -0.4 is 0 Å². The van der Waals surface area contributed by atoms with Gasteiger partial charge in [0.15, 0.2) is 11.9 Å². The van der Waals surface area contributed by atoms with E-state index >= 15 is 0 Å². The number of rotatable bonds is 3. The largest absolute Gasteiger partial charge is 0.472 e. The van der Waals surface area contributed by atoms with Gasteiger partial charge in [-0.05, 0) is 48.1 Å². The lowest BCUT2D eigenvalue weighted by Crippen LogP contribution is -2.60. The van der Waals surface area contributed by atoms with Crippen molar-refractivity contribution >= 4 is 23.5 Å². The summed E-state index contributed by atoms with van der Waals surface area (Å²) < 4.78 is 15.6. The van der Waals surface area contributed by atoms with Gasteiger partial charge in [0.05, 0.1) is 25.6 Å². The van der Waals surface area contributed by atoms with E-state index < -0.39 is 29.3 Å². The number of Topliss-reactive ketones (excluding diaryl/α,β-unsaturated/α-hetero) is 2. The predicted molar refractivity (Wildman–Crippen MR) is 104 cm³/mol. The molecule has 0 aromatic carbocycles. The molecule has 162 valence electrons. The Balaban J connectivity index is 1.73. The van der Waals surface area contributed by atoms with Crippen molar-refractivity contribution in [2.45, 2.75) is 58.0 Å². The molecule has 7 nitrogen and oxygen atoms in total. The van der Waals surface area contributed by atoms with Crippen molar-refractivity contribution in [2.24, 2.45) is 29.1 Å². The fourth-order valence-electron chi connectivity index (χ4n) is 6.37. The maximum Gasteiger partial charge on any atom is 0.309 e. The van der Waals surface area contributed by atoms with Crippen LogP contribution in [0.25, 0.3) is 0 Å². The molecule has 0 unspecified atom stereocenters. The SMILES string of the molecule is COC(=O)[C@@H]1C[C@H](OC(C)=O)C(=O)[C@@H]2[C@H]3C[C@H](c4ccoc4)CC(=O)[C@@H]3CC[C@]21C. The van der Waals surface area contributed by atoms with E-state index in [0.717, 1.165) is 5.56 Å². The minimum absolute atomic E-state index is 0.0154. The Morgan fingerprint density at radius 1 is 1.23 bits per heavy atom. The van der Waals surface area contributed by atoms with Crippen molar-refractivity contribution in [3.05, 3.63) is 24.2 Å². The van der Waals surface area contributed by atoms with E-state index in [1.807, 2.05) is 13.0 Å². The second kappa shape index (κ2) is 7.67. The van der Waals surface area contributed by atoms with Gasteiger partial charge in [-0.3, -0.25) is 19.2 Å². The highest BCUT2D eigenvalue weighted by Crippen LogP contribution is 2.60. The second-order valence-electron chi connectivity index (χ2n) is 9.26. The molecule has 1 aromatic rings. The minimum Gasteiger partial charge on any atom is -0.472 e. The Bertz CT molecular complexity index is 857. The Labute approximate surface area is 175 Å². The van der Waals surface area contributed by atoms with E-state index in [0.29, 0.717) is 25.7 Å². The van der Waals surface area contributed by atoms with Crippen LogP contribution in [0.5, 0.6) is 0 Å². The van der Waals surface area contributed by atoms with Crippen molar-refractivity contribution in [1.29, 1.82) is 0 Å². The van der Waals surface area contributed by atoms with Gasteiger partial charge in [-0.1, -0.05) is 6.92 Å². The molecule has 4 rings (SSSR count). The molecule has 30 heavy (non-hydrogen) atoms. The fraction of sp³-hybridized carbons (Fsp3) is 0.652. The Hall–Kier alpha value is -2.44. The fourth-order valence-corrected chi connectivity index (χ4v) is 6.37. The summed E-state index contributed by atoms with van der Waals surface area (Å²) in [6.07, 6.45) is 4.76. The number of fused-ring (bicyclic) bond motifs is 3. The molecular formula is C23H28O7. The Morgan fingerprint density at radius 2 is 2.00 bits per heavy atom. The quantitative estimate of drug-likeness (QED) is 0.698. The van der Waals surface area contributed by atoms with Gasteiger partial charge in [-0.2, -0.15) is 0 Å². The number of ether oxygens (including phenoxy) is 2. The highest BCUT2D eigenvalue weighted by Gasteiger charge is 2.62. The molecular weight excluding hydrogens is 388 g/mol. The van der Waals surface area contributed by atoms with Crippen LogP contribution in [-0.4, -0.2) is 36.7 Å². The molecule has 0 amide bonds. The number of esters is 2. The predicted octanol–water partition coefficient (Wildman–Crippen LogP) is 3.07. The molecule has 0 aliphatic heterocycles. The zero-order chi connectivity index (χ0) is 21.6. The first-order chi connectivity index (χ1) is 14.3. The zero-order valence-electron chi connectivity index (χ0n) is 17.6. The van der Waals surface area contributed by atoms with Crippen LogP contribution in [0.3, 0.4) is 0 Å². The Kier molecular flexibility index (Phi) is 5.32. The van der Waals surface area contributed by atoms with E-state index in [2.05, 4.69) is 0 Å². The molecule has 3 aliphatic carbocycles.